The molecule has 1 rings (SSSR count). The van der Waals surface area contributed by atoms with Crippen molar-refractivity contribution in [3.05, 3.63) is 0 Å². The molecule has 2 N–H and O–H groups in total. The van der Waals surface area contributed by atoms with E-state index in [0.717, 1.165) is 0 Å². The number of aliphatic hydroxyl groups excluding tert-OH is 2. The van der Waals surface area contributed by atoms with Gasteiger partial charge in [0.2, 0.25) is 0 Å². The molecule has 0 aliphatic carbocycles. The number of ether oxygens (including phenoxy) is 2. The fraction of sp³-hybridized carbons (Fsp3) is 1.00. The third kappa shape index (κ3) is 4.49. The Bertz CT molecular complexity index is 314. The van der Waals surface area contributed by atoms with E-state index in [9.17, 15) is 14.8 Å². The average Bonchev–Trinajstić information content (AvgIpc) is 2.63. The van der Waals surface area contributed by atoms with Crippen molar-refractivity contribution in [2.45, 2.75) is 51.0 Å². The second-order valence-corrected chi connectivity index (χ2v) is 7.10. The average molecular weight is 298 g/mol. The molecule has 0 aromatic rings. The highest BCUT2D eigenvalue weighted by molar-refractivity contribution is 7.53. The number of hydrogen-bond acceptors (Lipinski definition) is 7. The van der Waals surface area contributed by atoms with Crippen LogP contribution in [0.3, 0.4) is 0 Å². The molecule has 0 spiro atoms. The minimum atomic E-state index is -3.14. The molecule has 1 saturated heterocycles. The van der Waals surface area contributed by atoms with Gasteiger partial charge in [0.15, 0.2) is 6.29 Å². The largest absolute Gasteiger partial charge is 0.387 e. The van der Waals surface area contributed by atoms with Gasteiger partial charge in [0.1, 0.15) is 12.2 Å². The lowest BCUT2D eigenvalue weighted by Gasteiger charge is -2.18. The monoisotopic (exact) mass is 298 g/mol. The minimum Gasteiger partial charge on any atom is -0.387 e. The van der Waals surface area contributed by atoms with Gasteiger partial charge in [-0.05, 0) is 20.3 Å². The van der Waals surface area contributed by atoms with Crippen molar-refractivity contribution in [3.8, 4) is 0 Å². The first-order chi connectivity index (χ1) is 8.83. The van der Waals surface area contributed by atoms with Crippen LogP contribution in [-0.2, 0) is 23.1 Å². The molecule has 0 radical (unpaired) electrons. The molecule has 1 aliphatic rings. The Morgan fingerprint density at radius 3 is 2.26 bits per heavy atom. The van der Waals surface area contributed by atoms with Gasteiger partial charge in [-0.3, -0.25) is 4.57 Å². The van der Waals surface area contributed by atoms with Gasteiger partial charge in [-0.1, -0.05) is 0 Å². The van der Waals surface area contributed by atoms with Gasteiger partial charge < -0.3 is 28.7 Å². The molecule has 19 heavy (non-hydrogen) atoms. The van der Waals surface area contributed by atoms with Crippen LogP contribution in [0.25, 0.3) is 0 Å². The van der Waals surface area contributed by atoms with Gasteiger partial charge in [0.25, 0.3) is 0 Å². The molecule has 0 saturated carbocycles. The van der Waals surface area contributed by atoms with Crippen molar-refractivity contribution in [1.29, 1.82) is 0 Å². The van der Waals surface area contributed by atoms with Crippen LogP contribution in [0, 0.1) is 0 Å². The molecule has 0 aromatic carbocycles. The zero-order chi connectivity index (χ0) is 14.6. The van der Waals surface area contributed by atoms with Crippen LogP contribution < -0.4 is 0 Å². The summed E-state index contributed by atoms with van der Waals surface area (Å²) in [6, 6.07) is 0. The van der Waals surface area contributed by atoms with Crippen molar-refractivity contribution >= 4 is 7.60 Å². The van der Waals surface area contributed by atoms with Crippen LogP contribution in [0.1, 0.15) is 20.3 Å². The molecule has 8 heteroatoms. The summed E-state index contributed by atoms with van der Waals surface area (Å²) in [6.45, 7) is 3.61. The van der Waals surface area contributed by atoms with Crippen molar-refractivity contribution in [2.24, 2.45) is 0 Å². The second kappa shape index (κ2) is 7.13. The first kappa shape index (κ1) is 17.0. The normalized spacial score (nSPS) is 32.2. The van der Waals surface area contributed by atoms with E-state index in [4.69, 9.17) is 18.5 Å². The van der Waals surface area contributed by atoms with Crippen LogP contribution in [-0.4, -0.2) is 61.3 Å². The van der Waals surface area contributed by atoms with Gasteiger partial charge in [0.05, 0.1) is 18.4 Å². The predicted octanol–water partition coefficient (Wildman–Crippen LogP) is 0.734. The highest BCUT2D eigenvalue weighted by Gasteiger charge is 2.44. The summed E-state index contributed by atoms with van der Waals surface area (Å²) in [5, 5.41) is 19.6. The van der Waals surface area contributed by atoms with Gasteiger partial charge in [-0.2, -0.15) is 0 Å². The summed E-state index contributed by atoms with van der Waals surface area (Å²) < 4.78 is 32.3. The Morgan fingerprint density at radius 2 is 1.79 bits per heavy atom. The molecule has 1 heterocycles. The van der Waals surface area contributed by atoms with Gasteiger partial charge in [-0.15, -0.1) is 0 Å². The highest BCUT2D eigenvalue weighted by Crippen LogP contribution is 2.47. The van der Waals surface area contributed by atoms with E-state index in [1.54, 1.807) is 13.8 Å². The first-order valence-electron chi connectivity index (χ1n) is 6.20. The zero-order valence-electron chi connectivity index (χ0n) is 11.7. The molecule has 0 aromatic heterocycles. The summed E-state index contributed by atoms with van der Waals surface area (Å²) in [4.78, 5) is 0. The van der Waals surface area contributed by atoms with Gasteiger partial charge in [0, 0.05) is 14.2 Å². The lowest BCUT2D eigenvalue weighted by Crippen LogP contribution is -2.34. The van der Waals surface area contributed by atoms with E-state index in [1.165, 1.54) is 14.2 Å². The SMILES string of the molecule is COP(=O)(CC[C@H]1O[C@@H](OC(C)C)[C@H](O)[C@@H]1O)OC. The smallest absolute Gasteiger partial charge is 0.330 e. The standard InChI is InChI=1S/C11H23O7P/c1-7(2)17-11-10(13)9(12)8(18-11)5-6-19(14,15-3)16-4/h7-13H,5-6H2,1-4H3/t8-,9-,10-,11-/m1/s1. The molecule has 1 fully saturated rings. The third-order valence-electron chi connectivity index (χ3n) is 2.97. The Morgan fingerprint density at radius 1 is 1.21 bits per heavy atom. The zero-order valence-corrected chi connectivity index (χ0v) is 12.6. The Hall–Kier alpha value is -0.0100. The molecule has 0 bridgehead atoms. The van der Waals surface area contributed by atoms with E-state index in [-0.39, 0.29) is 18.7 Å². The van der Waals surface area contributed by atoms with Crippen molar-refractivity contribution < 1.29 is 33.3 Å². The van der Waals surface area contributed by atoms with Crippen LogP contribution >= 0.6 is 7.60 Å². The van der Waals surface area contributed by atoms with Crippen LogP contribution in [0.15, 0.2) is 0 Å². The molecule has 114 valence electrons. The number of rotatable bonds is 7. The number of hydrogen-bond donors (Lipinski definition) is 2. The second-order valence-electron chi connectivity index (χ2n) is 4.70. The molecule has 4 atom stereocenters. The van der Waals surface area contributed by atoms with Gasteiger partial charge in [-0.25, -0.2) is 0 Å². The predicted molar refractivity (Wildman–Crippen MR) is 68.0 cm³/mol. The Labute approximate surface area is 113 Å². The van der Waals surface area contributed by atoms with E-state index in [2.05, 4.69) is 0 Å². The van der Waals surface area contributed by atoms with Gasteiger partial charge >= 0.3 is 7.60 Å². The summed E-state index contributed by atoms with van der Waals surface area (Å²) >= 11 is 0. The number of aliphatic hydroxyl groups is 2. The Kier molecular flexibility index (Phi) is 6.39. The lowest BCUT2D eigenvalue weighted by molar-refractivity contribution is -0.183. The summed E-state index contributed by atoms with van der Waals surface area (Å²) in [5.41, 5.74) is 0. The molecule has 7 nitrogen and oxygen atoms in total. The summed E-state index contributed by atoms with van der Waals surface area (Å²) in [5.74, 6) is 0. The molecule has 0 unspecified atom stereocenters. The maximum absolute atomic E-state index is 11.9. The maximum atomic E-state index is 11.9. The highest BCUT2D eigenvalue weighted by atomic mass is 31.2. The van der Waals surface area contributed by atoms with Crippen LogP contribution in [0.4, 0.5) is 0 Å². The first-order valence-corrected chi connectivity index (χ1v) is 7.93. The Balaban J connectivity index is 2.54. The van der Waals surface area contributed by atoms with Crippen LogP contribution in [0.5, 0.6) is 0 Å². The van der Waals surface area contributed by atoms with Crippen molar-refractivity contribution in [2.75, 3.05) is 20.4 Å². The molecule has 1 aliphatic heterocycles. The van der Waals surface area contributed by atoms with E-state index in [1.807, 2.05) is 0 Å². The molecule has 0 amide bonds. The van der Waals surface area contributed by atoms with Crippen molar-refractivity contribution in [3.63, 3.8) is 0 Å². The van der Waals surface area contributed by atoms with E-state index in [0.29, 0.717) is 0 Å². The van der Waals surface area contributed by atoms with Crippen molar-refractivity contribution in [1.82, 2.24) is 0 Å². The summed E-state index contributed by atoms with van der Waals surface area (Å²) in [6.07, 6.45) is -3.50. The topological polar surface area (TPSA) is 94.5 Å². The molecular formula is C11H23O7P. The quantitative estimate of drug-likeness (QED) is 0.669. The lowest BCUT2D eigenvalue weighted by atomic mass is 10.1. The summed E-state index contributed by atoms with van der Waals surface area (Å²) in [7, 11) is -0.538. The fourth-order valence-corrected chi connectivity index (χ4v) is 2.96. The minimum absolute atomic E-state index is 0.100. The van der Waals surface area contributed by atoms with E-state index >= 15 is 0 Å². The molecular weight excluding hydrogens is 275 g/mol. The third-order valence-corrected chi connectivity index (χ3v) is 4.89. The van der Waals surface area contributed by atoms with Crippen LogP contribution in [0.2, 0.25) is 0 Å². The van der Waals surface area contributed by atoms with E-state index < -0.39 is 32.2 Å². The fourth-order valence-electron chi connectivity index (χ4n) is 1.88. The maximum Gasteiger partial charge on any atom is 0.330 e.